The molecule has 1 amide bonds. The molecule has 0 unspecified atom stereocenters. The molecule has 0 aliphatic rings. The smallest absolute Gasteiger partial charge is 0.340 e. The molecule has 6 heteroatoms. The molecule has 0 radical (unpaired) electrons. The Labute approximate surface area is 111 Å². The molecule has 0 aliphatic carbocycles. The Bertz CT molecular complexity index is 463. The quantitative estimate of drug-likeness (QED) is 0.607. The predicted octanol–water partition coefficient (Wildman–Crippen LogP) is 1.55. The van der Waals surface area contributed by atoms with Crippen molar-refractivity contribution in [3.05, 3.63) is 29.6 Å². The highest BCUT2D eigenvalue weighted by molar-refractivity contribution is 5.94. The van der Waals surface area contributed by atoms with Gasteiger partial charge in [-0.25, -0.2) is 9.18 Å². The molecule has 0 bridgehead atoms. The average molecular weight is 268 g/mol. The number of anilines is 1. The third kappa shape index (κ3) is 4.67. The lowest BCUT2D eigenvalue weighted by molar-refractivity contribution is -0.116. The van der Waals surface area contributed by atoms with E-state index in [-0.39, 0.29) is 11.5 Å². The highest BCUT2D eigenvalue weighted by atomic mass is 19.1. The van der Waals surface area contributed by atoms with Gasteiger partial charge in [-0.1, -0.05) is 6.92 Å². The van der Waals surface area contributed by atoms with Crippen LogP contribution in [-0.2, 0) is 9.53 Å². The lowest BCUT2D eigenvalue weighted by atomic mass is 10.2. The van der Waals surface area contributed by atoms with E-state index in [1.54, 1.807) is 0 Å². The summed E-state index contributed by atoms with van der Waals surface area (Å²) in [7, 11) is 1.17. The number of carbonyl (C=O) groups is 2. The summed E-state index contributed by atoms with van der Waals surface area (Å²) in [4.78, 5) is 22.9. The van der Waals surface area contributed by atoms with Crippen LogP contribution in [0.25, 0.3) is 0 Å². The first kappa shape index (κ1) is 15.1. The Hall–Kier alpha value is -1.95. The number of halogens is 1. The van der Waals surface area contributed by atoms with Gasteiger partial charge in [-0.3, -0.25) is 4.79 Å². The maximum atomic E-state index is 13.4. The third-order valence-corrected chi connectivity index (χ3v) is 2.43. The molecule has 0 fully saturated rings. The average Bonchev–Trinajstić information content (AvgIpc) is 2.40. The fourth-order valence-electron chi connectivity index (χ4n) is 1.47. The van der Waals surface area contributed by atoms with E-state index in [9.17, 15) is 14.0 Å². The van der Waals surface area contributed by atoms with E-state index in [1.165, 1.54) is 19.2 Å². The molecule has 1 rings (SSSR count). The molecule has 104 valence electrons. The summed E-state index contributed by atoms with van der Waals surface area (Å²) in [6, 6.07) is 3.77. The standard InChI is InChI=1S/C13H17FN2O3/c1-3-15-7-6-12(17)16-9-4-5-11(14)10(8-9)13(18)19-2/h4-5,8,15H,3,6-7H2,1-2H3,(H,16,17). The van der Waals surface area contributed by atoms with Crippen molar-refractivity contribution in [2.24, 2.45) is 0 Å². The molecular formula is C13H17FN2O3. The molecular weight excluding hydrogens is 251 g/mol. The molecule has 0 saturated carbocycles. The lowest BCUT2D eigenvalue weighted by Crippen LogP contribution is -2.21. The van der Waals surface area contributed by atoms with Crippen LogP contribution in [0.1, 0.15) is 23.7 Å². The fourth-order valence-corrected chi connectivity index (χ4v) is 1.47. The van der Waals surface area contributed by atoms with Crippen LogP contribution in [0.3, 0.4) is 0 Å². The van der Waals surface area contributed by atoms with Gasteiger partial charge in [0.05, 0.1) is 12.7 Å². The van der Waals surface area contributed by atoms with Gasteiger partial charge in [0, 0.05) is 18.7 Å². The van der Waals surface area contributed by atoms with Crippen molar-refractivity contribution in [1.82, 2.24) is 5.32 Å². The Morgan fingerprint density at radius 1 is 1.37 bits per heavy atom. The molecule has 0 aliphatic heterocycles. The number of esters is 1. The first-order valence-electron chi connectivity index (χ1n) is 5.97. The number of hydrogen-bond donors (Lipinski definition) is 2. The van der Waals surface area contributed by atoms with Crippen molar-refractivity contribution in [2.45, 2.75) is 13.3 Å². The van der Waals surface area contributed by atoms with Crippen LogP contribution < -0.4 is 10.6 Å². The zero-order chi connectivity index (χ0) is 14.3. The molecule has 1 aromatic carbocycles. The third-order valence-electron chi connectivity index (χ3n) is 2.43. The highest BCUT2D eigenvalue weighted by Crippen LogP contribution is 2.15. The first-order chi connectivity index (χ1) is 9.08. The SMILES string of the molecule is CCNCCC(=O)Nc1ccc(F)c(C(=O)OC)c1. The summed E-state index contributed by atoms with van der Waals surface area (Å²) < 4.78 is 17.8. The van der Waals surface area contributed by atoms with E-state index in [1.807, 2.05) is 6.92 Å². The molecule has 0 saturated heterocycles. The van der Waals surface area contributed by atoms with Crippen LogP contribution in [-0.4, -0.2) is 32.1 Å². The fraction of sp³-hybridized carbons (Fsp3) is 0.385. The van der Waals surface area contributed by atoms with Crippen molar-refractivity contribution in [3.8, 4) is 0 Å². The monoisotopic (exact) mass is 268 g/mol. The molecule has 0 heterocycles. The molecule has 0 aromatic heterocycles. The molecule has 19 heavy (non-hydrogen) atoms. The Kier molecular flexibility index (Phi) is 5.95. The van der Waals surface area contributed by atoms with Crippen LogP contribution in [0, 0.1) is 5.82 Å². The number of amides is 1. The predicted molar refractivity (Wildman–Crippen MR) is 69.5 cm³/mol. The lowest BCUT2D eigenvalue weighted by Gasteiger charge is -2.07. The van der Waals surface area contributed by atoms with Crippen LogP contribution in [0.5, 0.6) is 0 Å². The second-order valence-corrected chi connectivity index (χ2v) is 3.84. The van der Waals surface area contributed by atoms with Crippen molar-refractivity contribution < 1.29 is 18.7 Å². The van der Waals surface area contributed by atoms with Gasteiger partial charge >= 0.3 is 5.97 Å². The highest BCUT2D eigenvalue weighted by Gasteiger charge is 2.13. The molecule has 5 nitrogen and oxygen atoms in total. The number of carbonyl (C=O) groups excluding carboxylic acids is 2. The van der Waals surface area contributed by atoms with E-state index >= 15 is 0 Å². The molecule has 0 spiro atoms. The number of benzene rings is 1. The van der Waals surface area contributed by atoms with Crippen molar-refractivity contribution >= 4 is 17.6 Å². The number of hydrogen-bond acceptors (Lipinski definition) is 4. The van der Waals surface area contributed by atoms with Crippen molar-refractivity contribution in [1.29, 1.82) is 0 Å². The van der Waals surface area contributed by atoms with E-state index in [4.69, 9.17) is 0 Å². The summed E-state index contributed by atoms with van der Waals surface area (Å²) >= 11 is 0. The number of nitrogens with one attached hydrogen (secondary N) is 2. The summed E-state index contributed by atoms with van der Waals surface area (Å²) in [5.41, 5.74) is 0.162. The number of rotatable bonds is 6. The normalized spacial score (nSPS) is 10.1. The minimum absolute atomic E-state index is 0.202. The minimum Gasteiger partial charge on any atom is -0.465 e. The Balaban J connectivity index is 2.69. The van der Waals surface area contributed by atoms with E-state index in [0.717, 1.165) is 12.6 Å². The van der Waals surface area contributed by atoms with Crippen LogP contribution >= 0.6 is 0 Å². The van der Waals surface area contributed by atoms with E-state index in [0.29, 0.717) is 18.7 Å². The van der Waals surface area contributed by atoms with Gasteiger partial charge in [0.25, 0.3) is 0 Å². The summed E-state index contributed by atoms with van der Waals surface area (Å²) in [5, 5.41) is 5.61. The molecule has 2 N–H and O–H groups in total. The van der Waals surface area contributed by atoms with E-state index in [2.05, 4.69) is 15.4 Å². The van der Waals surface area contributed by atoms with Crippen LogP contribution in [0.2, 0.25) is 0 Å². The van der Waals surface area contributed by atoms with Gasteiger partial charge in [-0.05, 0) is 24.7 Å². The van der Waals surface area contributed by atoms with Gasteiger partial charge in [0.1, 0.15) is 5.82 Å². The maximum absolute atomic E-state index is 13.4. The van der Waals surface area contributed by atoms with Crippen molar-refractivity contribution in [2.75, 3.05) is 25.5 Å². The minimum atomic E-state index is -0.777. The molecule has 1 aromatic rings. The summed E-state index contributed by atoms with van der Waals surface area (Å²) in [6.45, 7) is 3.30. The van der Waals surface area contributed by atoms with Crippen LogP contribution in [0.4, 0.5) is 10.1 Å². The van der Waals surface area contributed by atoms with Gasteiger partial charge in [-0.15, -0.1) is 0 Å². The van der Waals surface area contributed by atoms with E-state index < -0.39 is 11.8 Å². The Morgan fingerprint density at radius 2 is 2.11 bits per heavy atom. The second kappa shape index (κ2) is 7.48. The Morgan fingerprint density at radius 3 is 2.74 bits per heavy atom. The summed E-state index contributed by atoms with van der Waals surface area (Å²) in [6.07, 6.45) is 0.304. The second-order valence-electron chi connectivity index (χ2n) is 3.84. The number of ether oxygens (including phenoxy) is 1. The van der Waals surface area contributed by atoms with Crippen LogP contribution in [0.15, 0.2) is 18.2 Å². The molecule has 0 atom stereocenters. The van der Waals surface area contributed by atoms with Gasteiger partial charge in [0.15, 0.2) is 0 Å². The van der Waals surface area contributed by atoms with Gasteiger partial charge < -0.3 is 15.4 Å². The van der Waals surface area contributed by atoms with Gasteiger partial charge in [0.2, 0.25) is 5.91 Å². The van der Waals surface area contributed by atoms with Gasteiger partial charge in [-0.2, -0.15) is 0 Å². The number of methoxy groups -OCH3 is 1. The zero-order valence-electron chi connectivity index (χ0n) is 11.0. The topological polar surface area (TPSA) is 67.4 Å². The van der Waals surface area contributed by atoms with Crippen molar-refractivity contribution in [3.63, 3.8) is 0 Å². The first-order valence-corrected chi connectivity index (χ1v) is 5.97. The summed E-state index contributed by atoms with van der Waals surface area (Å²) in [5.74, 6) is -1.66. The maximum Gasteiger partial charge on any atom is 0.340 e. The zero-order valence-corrected chi connectivity index (χ0v) is 11.0. The largest absolute Gasteiger partial charge is 0.465 e.